The number of nitrogens with one attached hydrogen (secondary N) is 2. The summed E-state index contributed by atoms with van der Waals surface area (Å²) in [5.41, 5.74) is 1.40. The molecule has 1 aromatic carbocycles. The largest absolute Gasteiger partial charge is 0.336 e. The molecule has 0 saturated carbocycles. The summed E-state index contributed by atoms with van der Waals surface area (Å²) >= 11 is 0. The third kappa shape index (κ3) is 6.71. The first-order chi connectivity index (χ1) is 11.5. The molecule has 0 aromatic heterocycles. The summed E-state index contributed by atoms with van der Waals surface area (Å²) in [6.45, 7) is 5.89. The van der Waals surface area contributed by atoms with Crippen LogP contribution in [-0.2, 0) is 11.2 Å². The summed E-state index contributed by atoms with van der Waals surface area (Å²) in [5, 5.41) is 5.05. The molecule has 5 nitrogen and oxygen atoms in total. The Labute approximate surface area is 144 Å². The molecule has 0 spiro atoms. The van der Waals surface area contributed by atoms with Crippen LogP contribution in [0.15, 0.2) is 30.3 Å². The Bertz CT molecular complexity index is 523. The maximum atomic E-state index is 11.9. The van der Waals surface area contributed by atoms with Gasteiger partial charge in [-0.1, -0.05) is 30.3 Å². The van der Waals surface area contributed by atoms with E-state index in [1.54, 1.807) is 0 Å². The number of likely N-dealkylation sites (tertiary alicyclic amines) is 1. The second kappa shape index (κ2) is 9.42. The fourth-order valence-corrected chi connectivity index (χ4v) is 3.12. The first-order valence-electron chi connectivity index (χ1n) is 8.89. The SMILES string of the molecule is CC(C)NC(=O)NC(=O)CN1CCC(CCc2ccccc2)CC1. The molecule has 0 unspecified atom stereocenters. The number of nitrogens with zero attached hydrogens (tertiary/aromatic N) is 1. The Morgan fingerprint density at radius 2 is 1.83 bits per heavy atom. The number of piperidine rings is 1. The minimum atomic E-state index is -0.409. The Hall–Kier alpha value is -1.88. The van der Waals surface area contributed by atoms with Crippen LogP contribution in [0.2, 0.25) is 0 Å². The molecular weight excluding hydrogens is 302 g/mol. The van der Waals surface area contributed by atoms with E-state index in [9.17, 15) is 9.59 Å². The predicted octanol–water partition coefficient (Wildman–Crippen LogP) is 2.57. The van der Waals surface area contributed by atoms with E-state index in [4.69, 9.17) is 0 Å². The summed E-state index contributed by atoms with van der Waals surface area (Å²) in [4.78, 5) is 25.5. The lowest BCUT2D eigenvalue weighted by Crippen LogP contribution is -2.47. The van der Waals surface area contributed by atoms with Gasteiger partial charge in [-0.3, -0.25) is 15.0 Å². The van der Waals surface area contributed by atoms with Crippen molar-refractivity contribution >= 4 is 11.9 Å². The van der Waals surface area contributed by atoms with Gasteiger partial charge >= 0.3 is 6.03 Å². The number of hydrogen-bond donors (Lipinski definition) is 2. The van der Waals surface area contributed by atoms with Crippen LogP contribution in [-0.4, -0.2) is 42.5 Å². The fraction of sp³-hybridized carbons (Fsp3) is 0.579. The van der Waals surface area contributed by atoms with Crippen molar-refractivity contribution in [2.45, 2.75) is 45.6 Å². The van der Waals surface area contributed by atoms with Crippen molar-refractivity contribution < 1.29 is 9.59 Å². The molecule has 24 heavy (non-hydrogen) atoms. The molecule has 1 heterocycles. The monoisotopic (exact) mass is 331 g/mol. The van der Waals surface area contributed by atoms with Gasteiger partial charge in [-0.05, 0) is 64.1 Å². The number of carbonyl (C=O) groups excluding carboxylic acids is 2. The highest BCUT2D eigenvalue weighted by Crippen LogP contribution is 2.22. The lowest BCUT2D eigenvalue weighted by atomic mass is 9.90. The summed E-state index contributed by atoms with van der Waals surface area (Å²) in [7, 11) is 0. The van der Waals surface area contributed by atoms with Crippen molar-refractivity contribution in [2.24, 2.45) is 5.92 Å². The van der Waals surface area contributed by atoms with E-state index in [0.717, 1.165) is 38.3 Å². The Kier molecular flexibility index (Phi) is 7.25. The molecule has 0 aliphatic carbocycles. The van der Waals surface area contributed by atoms with Gasteiger partial charge < -0.3 is 5.32 Å². The van der Waals surface area contributed by atoms with Gasteiger partial charge in [-0.15, -0.1) is 0 Å². The van der Waals surface area contributed by atoms with Crippen LogP contribution in [0, 0.1) is 5.92 Å². The number of benzene rings is 1. The quantitative estimate of drug-likeness (QED) is 0.842. The maximum absolute atomic E-state index is 11.9. The Morgan fingerprint density at radius 1 is 1.17 bits per heavy atom. The molecule has 0 atom stereocenters. The minimum absolute atomic E-state index is 0.0261. The van der Waals surface area contributed by atoms with E-state index in [1.165, 1.54) is 12.0 Å². The minimum Gasteiger partial charge on any atom is -0.336 e. The molecule has 132 valence electrons. The second-order valence-corrected chi connectivity index (χ2v) is 6.92. The van der Waals surface area contributed by atoms with E-state index in [1.807, 2.05) is 13.8 Å². The normalized spacial score (nSPS) is 16.1. The van der Waals surface area contributed by atoms with Crippen molar-refractivity contribution in [1.29, 1.82) is 0 Å². The molecule has 1 aliphatic heterocycles. The topological polar surface area (TPSA) is 61.4 Å². The third-order valence-electron chi connectivity index (χ3n) is 4.43. The molecule has 0 bridgehead atoms. The van der Waals surface area contributed by atoms with Crippen LogP contribution in [0.25, 0.3) is 0 Å². The van der Waals surface area contributed by atoms with E-state index in [-0.39, 0.29) is 11.9 Å². The highest BCUT2D eigenvalue weighted by atomic mass is 16.2. The molecule has 0 radical (unpaired) electrons. The zero-order chi connectivity index (χ0) is 17.4. The number of imide groups is 1. The standard InChI is InChI=1S/C19H29N3O2/c1-15(2)20-19(24)21-18(23)14-22-12-10-17(11-13-22)9-8-16-6-4-3-5-7-16/h3-7,15,17H,8-14H2,1-2H3,(H2,20,21,23,24). The van der Waals surface area contributed by atoms with Crippen LogP contribution in [0.5, 0.6) is 0 Å². The van der Waals surface area contributed by atoms with Crippen molar-refractivity contribution in [2.75, 3.05) is 19.6 Å². The molecule has 3 amide bonds. The molecule has 5 heteroatoms. The zero-order valence-corrected chi connectivity index (χ0v) is 14.8. The molecule has 1 fully saturated rings. The summed E-state index contributed by atoms with van der Waals surface area (Å²) in [5.74, 6) is 0.504. The van der Waals surface area contributed by atoms with Gasteiger partial charge in [0, 0.05) is 6.04 Å². The summed E-state index contributed by atoms with van der Waals surface area (Å²) in [6, 6.07) is 10.2. The van der Waals surface area contributed by atoms with Crippen LogP contribution in [0.3, 0.4) is 0 Å². The van der Waals surface area contributed by atoms with Gasteiger partial charge in [0.25, 0.3) is 0 Å². The molecule has 1 saturated heterocycles. The average molecular weight is 331 g/mol. The van der Waals surface area contributed by atoms with Crippen LogP contribution in [0.4, 0.5) is 4.79 Å². The van der Waals surface area contributed by atoms with Gasteiger partial charge in [0.2, 0.25) is 5.91 Å². The molecule has 1 aliphatic rings. The number of hydrogen-bond acceptors (Lipinski definition) is 3. The number of carbonyl (C=O) groups is 2. The fourth-order valence-electron chi connectivity index (χ4n) is 3.12. The number of aryl methyl sites for hydroxylation is 1. The molecule has 2 rings (SSSR count). The smallest absolute Gasteiger partial charge is 0.321 e. The second-order valence-electron chi connectivity index (χ2n) is 6.92. The maximum Gasteiger partial charge on any atom is 0.321 e. The van der Waals surface area contributed by atoms with Gasteiger partial charge in [0.15, 0.2) is 0 Å². The van der Waals surface area contributed by atoms with Gasteiger partial charge in [-0.2, -0.15) is 0 Å². The first-order valence-corrected chi connectivity index (χ1v) is 8.89. The van der Waals surface area contributed by atoms with Gasteiger partial charge in [-0.25, -0.2) is 4.79 Å². The Balaban J connectivity index is 1.63. The summed E-state index contributed by atoms with van der Waals surface area (Å²) < 4.78 is 0. The van der Waals surface area contributed by atoms with Gasteiger partial charge in [0.05, 0.1) is 6.54 Å². The summed E-state index contributed by atoms with van der Waals surface area (Å²) in [6.07, 6.45) is 4.58. The van der Waals surface area contributed by atoms with Crippen molar-refractivity contribution in [3.8, 4) is 0 Å². The van der Waals surface area contributed by atoms with Crippen molar-refractivity contribution in [3.05, 3.63) is 35.9 Å². The number of amides is 3. The lowest BCUT2D eigenvalue weighted by Gasteiger charge is -2.31. The number of rotatable bonds is 6. The highest BCUT2D eigenvalue weighted by Gasteiger charge is 2.21. The van der Waals surface area contributed by atoms with E-state index < -0.39 is 6.03 Å². The highest BCUT2D eigenvalue weighted by molar-refractivity contribution is 5.95. The van der Waals surface area contributed by atoms with Crippen LogP contribution >= 0.6 is 0 Å². The molecule has 1 aromatic rings. The van der Waals surface area contributed by atoms with E-state index in [0.29, 0.717) is 6.54 Å². The van der Waals surface area contributed by atoms with Crippen molar-refractivity contribution in [1.82, 2.24) is 15.5 Å². The average Bonchev–Trinajstić information content (AvgIpc) is 2.54. The lowest BCUT2D eigenvalue weighted by molar-refractivity contribution is -0.121. The molecule has 2 N–H and O–H groups in total. The molecular formula is C19H29N3O2. The number of urea groups is 1. The van der Waals surface area contributed by atoms with E-state index in [2.05, 4.69) is 45.9 Å². The van der Waals surface area contributed by atoms with E-state index >= 15 is 0 Å². The Morgan fingerprint density at radius 3 is 2.46 bits per heavy atom. The van der Waals surface area contributed by atoms with Gasteiger partial charge in [0.1, 0.15) is 0 Å². The third-order valence-corrected chi connectivity index (χ3v) is 4.43. The van der Waals surface area contributed by atoms with Crippen molar-refractivity contribution in [3.63, 3.8) is 0 Å². The van der Waals surface area contributed by atoms with Crippen LogP contribution in [0.1, 0.15) is 38.7 Å². The van der Waals surface area contributed by atoms with Crippen LogP contribution < -0.4 is 10.6 Å². The first kappa shape index (κ1) is 18.5. The zero-order valence-electron chi connectivity index (χ0n) is 14.8. The predicted molar refractivity (Wildman–Crippen MR) is 95.7 cm³/mol.